The molecule has 2 N–H and O–H groups in total. The predicted octanol–water partition coefficient (Wildman–Crippen LogP) is 2.04. The van der Waals surface area contributed by atoms with Crippen molar-refractivity contribution < 1.29 is 23.5 Å². The standard InChI is InChI=1S/C18H25FN2O4/c1-12(2)11-15(18(24)25-3)21-16(22)5-4-10-20-17(23)13-6-8-14(19)9-7-13/h6-9,12,15H,4-5,10-11H2,1-3H3,(H,20,23)(H,21,22). The van der Waals surface area contributed by atoms with Crippen molar-refractivity contribution in [3.8, 4) is 0 Å². The van der Waals surface area contributed by atoms with Crippen LogP contribution in [0.25, 0.3) is 0 Å². The van der Waals surface area contributed by atoms with Gasteiger partial charge in [0.2, 0.25) is 5.91 Å². The van der Waals surface area contributed by atoms with E-state index in [-0.39, 0.29) is 24.2 Å². The number of carbonyl (C=O) groups is 3. The van der Waals surface area contributed by atoms with Crippen LogP contribution in [-0.2, 0) is 14.3 Å². The molecule has 0 fully saturated rings. The smallest absolute Gasteiger partial charge is 0.328 e. The van der Waals surface area contributed by atoms with Crippen LogP contribution in [0.2, 0.25) is 0 Å². The molecule has 6 nitrogen and oxygen atoms in total. The number of halogens is 1. The van der Waals surface area contributed by atoms with Crippen molar-refractivity contribution in [2.45, 2.75) is 39.2 Å². The molecule has 1 aromatic carbocycles. The zero-order chi connectivity index (χ0) is 18.8. The second-order valence-corrected chi connectivity index (χ2v) is 6.14. The fourth-order valence-corrected chi connectivity index (χ4v) is 2.25. The Kier molecular flexibility index (Phi) is 8.60. The summed E-state index contributed by atoms with van der Waals surface area (Å²) in [4.78, 5) is 35.4. The normalized spacial score (nSPS) is 11.7. The zero-order valence-corrected chi connectivity index (χ0v) is 14.8. The van der Waals surface area contributed by atoms with Crippen LogP contribution in [0.4, 0.5) is 4.39 Å². The Balaban J connectivity index is 2.34. The minimum absolute atomic E-state index is 0.176. The quantitative estimate of drug-likeness (QED) is 0.526. The van der Waals surface area contributed by atoms with Gasteiger partial charge in [-0.1, -0.05) is 13.8 Å². The number of nitrogens with one attached hydrogen (secondary N) is 2. The van der Waals surface area contributed by atoms with E-state index in [1.807, 2.05) is 13.8 Å². The minimum atomic E-state index is -0.661. The fourth-order valence-electron chi connectivity index (χ4n) is 2.25. The molecule has 138 valence electrons. The van der Waals surface area contributed by atoms with Crippen LogP contribution in [0.1, 0.15) is 43.5 Å². The van der Waals surface area contributed by atoms with E-state index in [9.17, 15) is 18.8 Å². The third kappa shape index (κ3) is 7.78. The number of amides is 2. The fraction of sp³-hybridized carbons (Fsp3) is 0.500. The van der Waals surface area contributed by atoms with Gasteiger partial charge in [-0.2, -0.15) is 0 Å². The van der Waals surface area contributed by atoms with Gasteiger partial charge in [-0.3, -0.25) is 9.59 Å². The van der Waals surface area contributed by atoms with E-state index in [1.165, 1.54) is 31.4 Å². The molecule has 0 heterocycles. The Hall–Kier alpha value is -2.44. The van der Waals surface area contributed by atoms with Gasteiger partial charge >= 0.3 is 5.97 Å². The molecule has 0 aromatic heterocycles. The van der Waals surface area contributed by atoms with E-state index in [2.05, 4.69) is 10.6 Å². The molecule has 0 saturated heterocycles. The molecule has 1 atom stereocenters. The second kappa shape index (κ2) is 10.4. The van der Waals surface area contributed by atoms with Crippen LogP contribution in [-0.4, -0.2) is 37.5 Å². The van der Waals surface area contributed by atoms with Gasteiger partial charge in [0.15, 0.2) is 0 Å². The van der Waals surface area contributed by atoms with E-state index in [0.717, 1.165) is 0 Å². The van der Waals surface area contributed by atoms with Gasteiger partial charge < -0.3 is 15.4 Å². The first-order valence-corrected chi connectivity index (χ1v) is 8.24. The summed E-state index contributed by atoms with van der Waals surface area (Å²) in [5.41, 5.74) is 0.355. The monoisotopic (exact) mass is 352 g/mol. The van der Waals surface area contributed by atoms with Crippen molar-refractivity contribution in [1.29, 1.82) is 0 Å². The maximum absolute atomic E-state index is 12.8. The Morgan fingerprint density at radius 3 is 2.36 bits per heavy atom. The summed E-state index contributed by atoms with van der Waals surface area (Å²) >= 11 is 0. The summed E-state index contributed by atoms with van der Waals surface area (Å²) in [6, 6.07) is 4.55. The highest BCUT2D eigenvalue weighted by Gasteiger charge is 2.22. The minimum Gasteiger partial charge on any atom is -0.467 e. The topological polar surface area (TPSA) is 84.5 Å². The molecule has 1 unspecified atom stereocenters. The summed E-state index contributed by atoms with van der Waals surface area (Å²) in [6.45, 7) is 4.21. The molecule has 0 aliphatic rings. The lowest BCUT2D eigenvalue weighted by Crippen LogP contribution is -2.42. The average molecular weight is 352 g/mol. The van der Waals surface area contributed by atoms with Gasteiger partial charge in [0, 0.05) is 18.5 Å². The molecule has 0 saturated carbocycles. The van der Waals surface area contributed by atoms with Crippen molar-refractivity contribution in [2.24, 2.45) is 5.92 Å². The lowest BCUT2D eigenvalue weighted by Gasteiger charge is -2.18. The largest absolute Gasteiger partial charge is 0.467 e. The maximum Gasteiger partial charge on any atom is 0.328 e. The van der Waals surface area contributed by atoms with E-state index in [0.29, 0.717) is 24.9 Å². The number of ether oxygens (including phenoxy) is 1. The molecule has 2 amide bonds. The van der Waals surface area contributed by atoms with Gasteiger partial charge in [0.1, 0.15) is 11.9 Å². The third-order valence-electron chi connectivity index (χ3n) is 3.50. The molecule has 25 heavy (non-hydrogen) atoms. The molecule has 0 spiro atoms. The highest BCUT2D eigenvalue weighted by Crippen LogP contribution is 2.07. The highest BCUT2D eigenvalue weighted by molar-refractivity contribution is 5.94. The number of hydrogen-bond acceptors (Lipinski definition) is 4. The van der Waals surface area contributed by atoms with Crippen LogP contribution in [0.15, 0.2) is 24.3 Å². The van der Waals surface area contributed by atoms with Crippen LogP contribution in [0.3, 0.4) is 0 Å². The number of methoxy groups -OCH3 is 1. The Morgan fingerprint density at radius 1 is 1.16 bits per heavy atom. The highest BCUT2D eigenvalue weighted by atomic mass is 19.1. The molecule has 0 bridgehead atoms. The van der Waals surface area contributed by atoms with Crippen LogP contribution < -0.4 is 10.6 Å². The molecule has 0 aliphatic carbocycles. The lowest BCUT2D eigenvalue weighted by molar-refractivity contribution is -0.145. The Labute approximate surface area is 147 Å². The average Bonchev–Trinajstić information content (AvgIpc) is 2.57. The molecular weight excluding hydrogens is 327 g/mol. The Morgan fingerprint density at radius 2 is 1.80 bits per heavy atom. The van der Waals surface area contributed by atoms with Gasteiger partial charge in [-0.25, -0.2) is 9.18 Å². The van der Waals surface area contributed by atoms with Gasteiger partial charge in [-0.15, -0.1) is 0 Å². The molecule has 1 aromatic rings. The van der Waals surface area contributed by atoms with E-state index < -0.39 is 17.8 Å². The van der Waals surface area contributed by atoms with E-state index in [4.69, 9.17) is 4.74 Å². The third-order valence-corrected chi connectivity index (χ3v) is 3.50. The molecular formula is C18H25FN2O4. The summed E-state index contributed by atoms with van der Waals surface area (Å²) in [5.74, 6) is -1.24. The first-order valence-electron chi connectivity index (χ1n) is 8.24. The first-order chi connectivity index (χ1) is 11.8. The number of rotatable bonds is 9. The summed E-state index contributed by atoms with van der Waals surface area (Å²) in [7, 11) is 1.28. The number of benzene rings is 1. The molecule has 0 radical (unpaired) electrons. The van der Waals surface area contributed by atoms with Gasteiger partial charge in [0.05, 0.1) is 7.11 Å². The Bertz CT molecular complexity index is 587. The van der Waals surface area contributed by atoms with Gasteiger partial charge in [-0.05, 0) is 43.0 Å². The van der Waals surface area contributed by atoms with Crippen molar-refractivity contribution in [1.82, 2.24) is 10.6 Å². The maximum atomic E-state index is 12.8. The predicted molar refractivity (Wildman–Crippen MR) is 91.4 cm³/mol. The van der Waals surface area contributed by atoms with Crippen molar-refractivity contribution in [3.05, 3.63) is 35.6 Å². The summed E-state index contributed by atoms with van der Waals surface area (Å²) in [5, 5.41) is 5.32. The molecule has 1 rings (SSSR count). The number of hydrogen-bond donors (Lipinski definition) is 2. The molecule has 7 heteroatoms. The van der Waals surface area contributed by atoms with Crippen LogP contribution >= 0.6 is 0 Å². The van der Waals surface area contributed by atoms with Crippen molar-refractivity contribution in [2.75, 3.05) is 13.7 Å². The summed E-state index contributed by atoms with van der Waals surface area (Å²) < 4.78 is 17.5. The second-order valence-electron chi connectivity index (χ2n) is 6.14. The van der Waals surface area contributed by atoms with Crippen molar-refractivity contribution in [3.63, 3.8) is 0 Å². The zero-order valence-electron chi connectivity index (χ0n) is 14.8. The SMILES string of the molecule is COC(=O)C(CC(C)C)NC(=O)CCCNC(=O)c1ccc(F)cc1. The first kappa shape index (κ1) is 20.6. The lowest BCUT2D eigenvalue weighted by atomic mass is 10.0. The van der Waals surface area contributed by atoms with E-state index in [1.54, 1.807) is 0 Å². The van der Waals surface area contributed by atoms with E-state index >= 15 is 0 Å². The van der Waals surface area contributed by atoms with Crippen LogP contribution in [0, 0.1) is 11.7 Å². The van der Waals surface area contributed by atoms with Gasteiger partial charge in [0.25, 0.3) is 5.91 Å². The molecule has 0 aliphatic heterocycles. The van der Waals surface area contributed by atoms with Crippen molar-refractivity contribution >= 4 is 17.8 Å². The van der Waals surface area contributed by atoms with Crippen LogP contribution in [0.5, 0.6) is 0 Å². The number of carbonyl (C=O) groups excluding carboxylic acids is 3. The number of esters is 1. The summed E-state index contributed by atoms with van der Waals surface area (Å²) in [6.07, 6.45) is 1.10.